The fourth-order valence-electron chi connectivity index (χ4n) is 1.83. The van der Waals surface area contributed by atoms with E-state index in [1.165, 1.54) is 12.1 Å². The van der Waals surface area contributed by atoms with E-state index in [2.05, 4.69) is 15.4 Å². The van der Waals surface area contributed by atoms with Gasteiger partial charge in [-0.25, -0.2) is 0 Å². The van der Waals surface area contributed by atoms with Crippen LogP contribution in [0.25, 0.3) is 0 Å². The second-order valence-corrected chi connectivity index (χ2v) is 4.53. The van der Waals surface area contributed by atoms with E-state index in [0.717, 1.165) is 5.56 Å². The van der Waals surface area contributed by atoms with Crippen LogP contribution >= 0.6 is 0 Å². The predicted octanol–water partition coefficient (Wildman–Crippen LogP) is 1.68. The Labute approximate surface area is 110 Å². The lowest BCUT2D eigenvalue weighted by molar-refractivity contribution is -0.127. The fourth-order valence-corrected chi connectivity index (χ4v) is 1.83. The molecular formula is C13H16F2N2O2. The van der Waals surface area contributed by atoms with Gasteiger partial charge in [0.15, 0.2) is 0 Å². The summed E-state index contributed by atoms with van der Waals surface area (Å²) in [6, 6.07) is 6.11. The largest absolute Gasteiger partial charge is 0.435 e. The van der Waals surface area contributed by atoms with Gasteiger partial charge < -0.3 is 15.4 Å². The third kappa shape index (κ3) is 3.64. The number of ether oxygens (including phenoxy) is 1. The molecule has 0 aliphatic carbocycles. The molecule has 1 heterocycles. The molecule has 1 fully saturated rings. The number of alkyl halides is 2. The molecule has 2 rings (SSSR count). The number of rotatable bonds is 5. The zero-order chi connectivity index (χ0) is 13.8. The quantitative estimate of drug-likeness (QED) is 0.856. The molecule has 6 heteroatoms. The van der Waals surface area contributed by atoms with Gasteiger partial charge in [0.1, 0.15) is 5.75 Å². The summed E-state index contributed by atoms with van der Waals surface area (Å²) in [5.74, 6) is 0.156. The summed E-state index contributed by atoms with van der Waals surface area (Å²) in [5.41, 5.74) is 0.849. The van der Waals surface area contributed by atoms with E-state index in [1.807, 2.05) is 6.92 Å². The molecule has 19 heavy (non-hydrogen) atoms. The first-order chi connectivity index (χ1) is 9.06. The normalized spacial score (nSPS) is 16.8. The molecule has 1 aliphatic rings. The van der Waals surface area contributed by atoms with E-state index in [1.54, 1.807) is 12.1 Å². The van der Waals surface area contributed by atoms with Crippen molar-refractivity contribution in [1.82, 2.24) is 10.6 Å². The van der Waals surface area contributed by atoms with Gasteiger partial charge >= 0.3 is 6.61 Å². The van der Waals surface area contributed by atoms with Crippen molar-refractivity contribution in [3.8, 4) is 5.75 Å². The van der Waals surface area contributed by atoms with Gasteiger partial charge in [0, 0.05) is 13.1 Å². The van der Waals surface area contributed by atoms with E-state index in [-0.39, 0.29) is 23.6 Å². The van der Waals surface area contributed by atoms with Gasteiger partial charge in [-0.15, -0.1) is 0 Å². The summed E-state index contributed by atoms with van der Waals surface area (Å²) in [5, 5.41) is 5.92. The van der Waals surface area contributed by atoms with Crippen LogP contribution in [0.3, 0.4) is 0 Å². The smallest absolute Gasteiger partial charge is 0.387 e. The molecule has 0 spiro atoms. The maximum absolute atomic E-state index is 12.0. The number of hydrogen-bond donors (Lipinski definition) is 2. The van der Waals surface area contributed by atoms with Crippen molar-refractivity contribution in [1.29, 1.82) is 0 Å². The standard InChI is InChI=1S/C13H16F2N2O2/c1-8(17-12(18)10-6-16-7-10)9-2-4-11(5-3-9)19-13(14)15/h2-5,8,10,13,16H,6-7H2,1H3,(H,17,18). The van der Waals surface area contributed by atoms with Crippen molar-refractivity contribution < 1.29 is 18.3 Å². The number of halogens is 2. The van der Waals surface area contributed by atoms with Gasteiger partial charge in [0.2, 0.25) is 5.91 Å². The lowest BCUT2D eigenvalue weighted by Gasteiger charge is -2.27. The summed E-state index contributed by atoms with van der Waals surface area (Å²) >= 11 is 0. The molecule has 1 atom stereocenters. The van der Waals surface area contributed by atoms with Crippen molar-refractivity contribution in [2.24, 2.45) is 5.92 Å². The first-order valence-electron chi connectivity index (χ1n) is 6.12. The Morgan fingerprint density at radius 1 is 1.37 bits per heavy atom. The maximum atomic E-state index is 12.0. The van der Waals surface area contributed by atoms with Crippen molar-refractivity contribution in [2.75, 3.05) is 13.1 Å². The molecule has 1 saturated heterocycles. The van der Waals surface area contributed by atoms with Crippen LogP contribution < -0.4 is 15.4 Å². The van der Waals surface area contributed by atoms with E-state index in [0.29, 0.717) is 13.1 Å². The average Bonchev–Trinajstić information content (AvgIpc) is 2.26. The lowest BCUT2D eigenvalue weighted by atomic mass is 10.0. The summed E-state index contributed by atoms with van der Waals surface area (Å²) in [7, 11) is 0. The van der Waals surface area contributed by atoms with Crippen molar-refractivity contribution >= 4 is 5.91 Å². The SMILES string of the molecule is CC(NC(=O)C1CNC1)c1ccc(OC(F)F)cc1. The summed E-state index contributed by atoms with van der Waals surface area (Å²) in [6.07, 6.45) is 0. The lowest BCUT2D eigenvalue weighted by Crippen LogP contribution is -2.51. The van der Waals surface area contributed by atoms with E-state index >= 15 is 0 Å². The number of carbonyl (C=O) groups excluding carboxylic acids is 1. The van der Waals surface area contributed by atoms with Crippen LogP contribution in [-0.4, -0.2) is 25.6 Å². The van der Waals surface area contributed by atoms with Crippen LogP contribution in [0.1, 0.15) is 18.5 Å². The van der Waals surface area contributed by atoms with Gasteiger partial charge in [-0.1, -0.05) is 12.1 Å². The average molecular weight is 270 g/mol. The van der Waals surface area contributed by atoms with Gasteiger partial charge in [-0.2, -0.15) is 8.78 Å². The van der Waals surface area contributed by atoms with E-state index in [4.69, 9.17) is 0 Å². The molecule has 0 saturated carbocycles. The Bertz CT molecular complexity index is 433. The highest BCUT2D eigenvalue weighted by Gasteiger charge is 2.25. The minimum Gasteiger partial charge on any atom is -0.435 e. The number of hydrogen-bond acceptors (Lipinski definition) is 3. The van der Waals surface area contributed by atoms with Gasteiger partial charge in [0.25, 0.3) is 0 Å². The Hall–Kier alpha value is -1.69. The topological polar surface area (TPSA) is 50.4 Å². The molecule has 4 nitrogen and oxygen atoms in total. The first kappa shape index (κ1) is 13.7. The molecule has 0 aromatic heterocycles. The Morgan fingerprint density at radius 2 is 2.00 bits per heavy atom. The highest BCUT2D eigenvalue weighted by Crippen LogP contribution is 2.19. The molecule has 0 radical (unpaired) electrons. The minimum absolute atomic E-state index is 0.0131. The van der Waals surface area contributed by atoms with Crippen LogP contribution in [0, 0.1) is 5.92 Å². The highest BCUT2D eigenvalue weighted by molar-refractivity contribution is 5.80. The second-order valence-electron chi connectivity index (χ2n) is 4.53. The first-order valence-corrected chi connectivity index (χ1v) is 6.12. The van der Waals surface area contributed by atoms with Gasteiger partial charge in [-0.3, -0.25) is 4.79 Å². The monoisotopic (exact) mass is 270 g/mol. The van der Waals surface area contributed by atoms with Crippen LogP contribution in [0.4, 0.5) is 8.78 Å². The fraction of sp³-hybridized carbons (Fsp3) is 0.462. The van der Waals surface area contributed by atoms with Crippen molar-refractivity contribution in [2.45, 2.75) is 19.6 Å². The molecule has 1 unspecified atom stereocenters. The van der Waals surface area contributed by atoms with E-state index < -0.39 is 6.61 Å². The second kappa shape index (κ2) is 5.97. The Balaban J connectivity index is 1.91. The molecule has 1 aliphatic heterocycles. The maximum Gasteiger partial charge on any atom is 0.387 e. The number of carbonyl (C=O) groups is 1. The molecule has 1 aromatic carbocycles. The zero-order valence-electron chi connectivity index (χ0n) is 10.5. The minimum atomic E-state index is -2.82. The Kier molecular flexibility index (Phi) is 4.31. The number of nitrogens with one attached hydrogen (secondary N) is 2. The third-order valence-corrected chi connectivity index (χ3v) is 3.12. The van der Waals surface area contributed by atoms with Crippen LogP contribution in [0.5, 0.6) is 5.75 Å². The van der Waals surface area contributed by atoms with Crippen LogP contribution in [-0.2, 0) is 4.79 Å². The van der Waals surface area contributed by atoms with Crippen molar-refractivity contribution in [3.05, 3.63) is 29.8 Å². The molecule has 2 N–H and O–H groups in total. The summed E-state index contributed by atoms with van der Waals surface area (Å²) in [4.78, 5) is 11.7. The predicted molar refractivity (Wildman–Crippen MR) is 66.0 cm³/mol. The van der Waals surface area contributed by atoms with Crippen molar-refractivity contribution in [3.63, 3.8) is 0 Å². The van der Waals surface area contributed by atoms with Crippen LogP contribution in [0.2, 0.25) is 0 Å². The van der Waals surface area contributed by atoms with E-state index in [9.17, 15) is 13.6 Å². The van der Waals surface area contributed by atoms with Gasteiger partial charge in [0.05, 0.1) is 12.0 Å². The number of benzene rings is 1. The molecule has 104 valence electrons. The zero-order valence-corrected chi connectivity index (χ0v) is 10.5. The summed E-state index contributed by atoms with van der Waals surface area (Å²) < 4.78 is 28.3. The molecule has 0 bridgehead atoms. The summed E-state index contributed by atoms with van der Waals surface area (Å²) in [6.45, 7) is 0.445. The van der Waals surface area contributed by atoms with Crippen LogP contribution in [0.15, 0.2) is 24.3 Å². The molecule has 1 aromatic rings. The highest BCUT2D eigenvalue weighted by atomic mass is 19.3. The van der Waals surface area contributed by atoms with Gasteiger partial charge in [-0.05, 0) is 24.6 Å². The third-order valence-electron chi connectivity index (χ3n) is 3.12. The Morgan fingerprint density at radius 3 is 2.47 bits per heavy atom. The number of amides is 1. The molecule has 1 amide bonds. The molecular weight excluding hydrogens is 254 g/mol.